The van der Waals surface area contributed by atoms with Gasteiger partial charge in [0.2, 0.25) is 0 Å². The molecule has 0 radical (unpaired) electrons. The third kappa shape index (κ3) is 2.47. The van der Waals surface area contributed by atoms with Gasteiger partial charge in [0.15, 0.2) is 0 Å². The Balaban J connectivity index is 2.30. The lowest BCUT2D eigenvalue weighted by Gasteiger charge is -2.38. The van der Waals surface area contributed by atoms with Crippen LogP contribution in [-0.2, 0) is 5.54 Å². The lowest BCUT2D eigenvalue weighted by atomic mass is 9.71. The number of methoxy groups -OCH3 is 1. The first-order valence-corrected chi connectivity index (χ1v) is 6.62. The van der Waals surface area contributed by atoms with Crippen LogP contribution in [0.15, 0.2) is 24.3 Å². The molecule has 0 spiro atoms. The van der Waals surface area contributed by atoms with E-state index in [1.807, 2.05) is 12.1 Å². The van der Waals surface area contributed by atoms with Crippen molar-refractivity contribution in [2.45, 2.75) is 44.6 Å². The lowest BCUT2D eigenvalue weighted by molar-refractivity contribution is 0.216. The van der Waals surface area contributed by atoms with E-state index in [1.165, 1.54) is 24.8 Å². The Morgan fingerprint density at radius 2 is 2.18 bits per heavy atom. The third-order valence-corrected chi connectivity index (χ3v) is 4.11. The molecular weight excluding hydrogens is 210 g/mol. The maximum absolute atomic E-state index is 6.64. The first-order chi connectivity index (χ1) is 8.19. The van der Waals surface area contributed by atoms with Gasteiger partial charge in [-0.2, -0.15) is 0 Å². The van der Waals surface area contributed by atoms with Crippen LogP contribution in [-0.4, -0.2) is 7.11 Å². The largest absolute Gasteiger partial charge is 0.496 e. The Labute approximate surface area is 104 Å². The highest BCUT2D eigenvalue weighted by Crippen LogP contribution is 2.42. The molecule has 2 unspecified atom stereocenters. The van der Waals surface area contributed by atoms with Crippen LogP contribution in [0.4, 0.5) is 0 Å². The standard InChI is InChI=1S/C15H23NO/c1-3-12-7-6-10-15(16,11-12)13-8-4-5-9-14(13)17-2/h4-5,8-9,12H,3,6-7,10-11,16H2,1-2H3. The highest BCUT2D eigenvalue weighted by atomic mass is 16.5. The van der Waals surface area contributed by atoms with E-state index in [9.17, 15) is 0 Å². The van der Waals surface area contributed by atoms with Gasteiger partial charge in [-0.1, -0.05) is 44.4 Å². The highest BCUT2D eigenvalue weighted by molar-refractivity contribution is 5.39. The molecule has 0 amide bonds. The average molecular weight is 233 g/mol. The summed E-state index contributed by atoms with van der Waals surface area (Å²) in [6, 6.07) is 8.20. The van der Waals surface area contributed by atoms with E-state index in [2.05, 4.69) is 19.1 Å². The van der Waals surface area contributed by atoms with E-state index in [0.717, 1.165) is 24.5 Å². The van der Waals surface area contributed by atoms with E-state index in [4.69, 9.17) is 10.5 Å². The minimum atomic E-state index is -0.189. The summed E-state index contributed by atoms with van der Waals surface area (Å²) in [7, 11) is 1.72. The van der Waals surface area contributed by atoms with Gasteiger partial charge in [0, 0.05) is 11.1 Å². The van der Waals surface area contributed by atoms with E-state index >= 15 is 0 Å². The quantitative estimate of drug-likeness (QED) is 0.868. The summed E-state index contributed by atoms with van der Waals surface area (Å²) in [5.74, 6) is 1.70. The van der Waals surface area contributed by atoms with E-state index < -0.39 is 0 Å². The summed E-state index contributed by atoms with van der Waals surface area (Å²) in [6.07, 6.45) is 5.94. The molecule has 0 heterocycles. The monoisotopic (exact) mass is 233 g/mol. The Hall–Kier alpha value is -1.02. The zero-order valence-electron chi connectivity index (χ0n) is 10.9. The lowest BCUT2D eigenvalue weighted by Crippen LogP contribution is -2.41. The van der Waals surface area contributed by atoms with Crippen molar-refractivity contribution in [2.75, 3.05) is 7.11 Å². The number of benzene rings is 1. The average Bonchev–Trinajstić information content (AvgIpc) is 2.38. The number of para-hydroxylation sites is 1. The molecule has 94 valence electrons. The molecule has 1 saturated carbocycles. The van der Waals surface area contributed by atoms with Gasteiger partial charge >= 0.3 is 0 Å². The van der Waals surface area contributed by atoms with Gasteiger partial charge in [-0.15, -0.1) is 0 Å². The van der Waals surface area contributed by atoms with Crippen LogP contribution in [0, 0.1) is 5.92 Å². The second-order valence-electron chi connectivity index (χ2n) is 5.23. The number of hydrogen-bond donors (Lipinski definition) is 1. The minimum Gasteiger partial charge on any atom is -0.496 e. The normalized spacial score (nSPS) is 29.0. The summed E-state index contributed by atoms with van der Waals surface area (Å²) in [5.41, 5.74) is 7.63. The highest BCUT2D eigenvalue weighted by Gasteiger charge is 2.35. The minimum absolute atomic E-state index is 0.189. The fraction of sp³-hybridized carbons (Fsp3) is 0.600. The first-order valence-electron chi connectivity index (χ1n) is 6.62. The SMILES string of the molecule is CCC1CCCC(N)(c2ccccc2OC)C1. The van der Waals surface area contributed by atoms with Crippen molar-refractivity contribution < 1.29 is 4.74 Å². The smallest absolute Gasteiger partial charge is 0.123 e. The van der Waals surface area contributed by atoms with Gasteiger partial charge in [0.25, 0.3) is 0 Å². The van der Waals surface area contributed by atoms with Gasteiger partial charge in [0.05, 0.1) is 7.11 Å². The molecule has 2 N–H and O–H groups in total. The number of hydrogen-bond acceptors (Lipinski definition) is 2. The zero-order chi connectivity index (χ0) is 12.3. The topological polar surface area (TPSA) is 35.2 Å². The second-order valence-corrected chi connectivity index (χ2v) is 5.23. The molecule has 2 rings (SSSR count). The van der Waals surface area contributed by atoms with E-state index in [0.29, 0.717) is 0 Å². The van der Waals surface area contributed by atoms with Crippen LogP contribution in [0.2, 0.25) is 0 Å². The van der Waals surface area contributed by atoms with Crippen LogP contribution in [0.5, 0.6) is 5.75 Å². The molecule has 0 aliphatic heterocycles. The van der Waals surface area contributed by atoms with Crippen LogP contribution >= 0.6 is 0 Å². The van der Waals surface area contributed by atoms with Crippen LogP contribution in [0.1, 0.15) is 44.6 Å². The van der Waals surface area contributed by atoms with Crippen molar-refractivity contribution >= 4 is 0 Å². The Bertz CT molecular complexity index is 377. The Morgan fingerprint density at radius 3 is 2.88 bits per heavy atom. The van der Waals surface area contributed by atoms with Crippen molar-refractivity contribution in [3.8, 4) is 5.75 Å². The van der Waals surface area contributed by atoms with Crippen LogP contribution in [0.3, 0.4) is 0 Å². The van der Waals surface area contributed by atoms with Crippen molar-refractivity contribution in [2.24, 2.45) is 11.7 Å². The molecule has 1 fully saturated rings. The maximum Gasteiger partial charge on any atom is 0.123 e. The number of rotatable bonds is 3. The van der Waals surface area contributed by atoms with Crippen LogP contribution in [0.25, 0.3) is 0 Å². The molecule has 0 saturated heterocycles. The molecular formula is C15H23NO. The Kier molecular flexibility index (Phi) is 3.72. The molecule has 1 aromatic rings. The molecule has 0 bridgehead atoms. The van der Waals surface area contributed by atoms with Crippen molar-refractivity contribution in [3.05, 3.63) is 29.8 Å². The summed E-state index contributed by atoms with van der Waals surface area (Å²) in [4.78, 5) is 0. The fourth-order valence-corrected chi connectivity index (χ4v) is 3.07. The van der Waals surface area contributed by atoms with Crippen molar-refractivity contribution in [1.29, 1.82) is 0 Å². The molecule has 2 atom stereocenters. The van der Waals surface area contributed by atoms with Gasteiger partial charge in [0.1, 0.15) is 5.75 Å². The van der Waals surface area contributed by atoms with E-state index in [-0.39, 0.29) is 5.54 Å². The van der Waals surface area contributed by atoms with Crippen LogP contribution < -0.4 is 10.5 Å². The molecule has 17 heavy (non-hydrogen) atoms. The predicted octanol–water partition coefficient (Wildman–Crippen LogP) is 3.45. The van der Waals surface area contributed by atoms with E-state index in [1.54, 1.807) is 7.11 Å². The Morgan fingerprint density at radius 1 is 1.41 bits per heavy atom. The summed E-state index contributed by atoms with van der Waals surface area (Å²) < 4.78 is 5.45. The first kappa shape index (κ1) is 12.4. The summed E-state index contributed by atoms with van der Waals surface area (Å²) in [6.45, 7) is 2.26. The van der Waals surface area contributed by atoms with Gasteiger partial charge in [-0.3, -0.25) is 0 Å². The van der Waals surface area contributed by atoms with Crippen molar-refractivity contribution in [3.63, 3.8) is 0 Å². The predicted molar refractivity (Wildman–Crippen MR) is 71.1 cm³/mol. The fourth-order valence-electron chi connectivity index (χ4n) is 3.07. The second kappa shape index (κ2) is 5.09. The van der Waals surface area contributed by atoms with Gasteiger partial charge in [-0.25, -0.2) is 0 Å². The summed E-state index contributed by atoms with van der Waals surface area (Å²) in [5, 5.41) is 0. The molecule has 2 nitrogen and oxygen atoms in total. The van der Waals surface area contributed by atoms with Crippen molar-refractivity contribution in [1.82, 2.24) is 0 Å². The maximum atomic E-state index is 6.64. The molecule has 1 aliphatic carbocycles. The summed E-state index contributed by atoms with van der Waals surface area (Å²) >= 11 is 0. The third-order valence-electron chi connectivity index (χ3n) is 4.11. The zero-order valence-corrected chi connectivity index (χ0v) is 10.9. The molecule has 1 aliphatic rings. The number of nitrogens with two attached hydrogens (primary N) is 1. The van der Waals surface area contributed by atoms with Gasteiger partial charge < -0.3 is 10.5 Å². The molecule has 2 heteroatoms. The molecule has 1 aromatic carbocycles. The molecule has 0 aromatic heterocycles. The number of ether oxygens (including phenoxy) is 1. The van der Waals surface area contributed by atoms with Gasteiger partial charge in [-0.05, 0) is 24.8 Å².